The fraction of sp³-hybridized carbons (Fsp3) is 0.500. The highest BCUT2D eigenvalue weighted by Crippen LogP contribution is 2.21. The molecule has 0 aromatic heterocycles. The summed E-state index contributed by atoms with van der Waals surface area (Å²) in [7, 11) is 0. The Morgan fingerprint density at radius 3 is 2.32 bits per heavy atom. The maximum Gasteiger partial charge on any atom is 0.317 e. The van der Waals surface area contributed by atoms with Gasteiger partial charge in [0.05, 0.1) is 0 Å². The molecule has 1 saturated heterocycles. The summed E-state index contributed by atoms with van der Waals surface area (Å²) >= 11 is 3.45. The van der Waals surface area contributed by atoms with Gasteiger partial charge in [0.15, 0.2) is 0 Å². The molecule has 1 aliphatic carbocycles. The molecule has 0 spiro atoms. The van der Waals surface area contributed by atoms with Crippen LogP contribution in [0, 0.1) is 0 Å². The molecule has 1 heterocycles. The zero-order valence-corrected chi connectivity index (χ0v) is 12.4. The molecule has 4 nitrogen and oxygen atoms in total. The topological polar surface area (TPSA) is 35.6 Å². The van der Waals surface area contributed by atoms with Crippen molar-refractivity contribution in [1.82, 2.24) is 10.2 Å². The third-order valence-electron chi connectivity index (χ3n) is 3.66. The van der Waals surface area contributed by atoms with Gasteiger partial charge in [-0.15, -0.1) is 0 Å². The van der Waals surface area contributed by atoms with Crippen molar-refractivity contribution >= 4 is 27.6 Å². The zero-order chi connectivity index (χ0) is 13.2. The number of amides is 2. The van der Waals surface area contributed by atoms with Gasteiger partial charge in [0.25, 0.3) is 0 Å². The van der Waals surface area contributed by atoms with E-state index in [1.807, 2.05) is 4.90 Å². The summed E-state index contributed by atoms with van der Waals surface area (Å²) in [5, 5.41) is 3.05. The van der Waals surface area contributed by atoms with E-state index in [4.69, 9.17) is 0 Å². The van der Waals surface area contributed by atoms with Gasteiger partial charge in [-0.25, -0.2) is 4.79 Å². The molecule has 1 aliphatic heterocycles. The first-order valence-corrected chi connectivity index (χ1v) is 7.57. The number of carbonyl (C=O) groups excluding carboxylic acids is 1. The molecule has 0 bridgehead atoms. The molecule has 1 N–H and O–H groups in total. The first kappa shape index (κ1) is 12.8. The quantitative estimate of drug-likeness (QED) is 0.907. The minimum atomic E-state index is 0.109. The Balaban J connectivity index is 1.53. The van der Waals surface area contributed by atoms with Gasteiger partial charge in [-0.1, -0.05) is 15.9 Å². The smallest absolute Gasteiger partial charge is 0.317 e. The van der Waals surface area contributed by atoms with Crippen LogP contribution < -0.4 is 10.2 Å². The van der Waals surface area contributed by atoms with Crippen molar-refractivity contribution in [2.24, 2.45) is 0 Å². The van der Waals surface area contributed by atoms with Crippen LogP contribution in [0.1, 0.15) is 12.8 Å². The average molecular weight is 324 g/mol. The highest BCUT2D eigenvalue weighted by atomic mass is 79.9. The van der Waals surface area contributed by atoms with Gasteiger partial charge in [-0.3, -0.25) is 0 Å². The van der Waals surface area contributed by atoms with E-state index < -0.39 is 0 Å². The van der Waals surface area contributed by atoms with Crippen LogP contribution in [0.2, 0.25) is 0 Å². The lowest BCUT2D eigenvalue weighted by molar-refractivity contribution is 0.194. The molecule has 0 radical (unpaired) electrons. The van der Waals surface area contributed by atoms with E-state index >= 15 is 0 Å². The maximum atomic E-state index is 11.9. The van der Waals surface area contributed by atoms with E-state index in [9.17, 15) is 4.79 Å². The first-order valence-electron chi connectivity index (χ1n) is 6.78. The maximum absolute atomic E-state index is 11.9. The fourth-order valence-corrected chi connectivity index (χ4v) is 2.58. The number of halogens is 1. The number of rotatable bonds is 2. The zero-order valence-electron chi connectivity index (χ0n) is 10.8. The lowest BCUT2D eigenvalue weighted by atomic mass is 10.2. The van der Waals surface area contributed by atoms with E-state index in [0.29, 0.717) is 6.04 Å². The van der Waals surface area contributed by atoms with Crippen LogP contribution >= 0.6 is 15.9 Å². The molecule has 1 saturated carbocycles. The van der Waals surface area contributed by atoms with Crippen LogP contribution in [0.3, 0.4) is 0 Å². The summed E-state index contributed by atoms with van der Waals surface area (Å²) < 4.78 is 1.10. The molecule has 19 heavy (non-hydrogen) atoms. The standard InChI is InChI=1S/C14H18BrN3O/c15-11-1-5-13(6-2-11)17-7-9-18(10-8-17)14(19)16-12-3-4-12/h1-2,5-6,12H,3-4,7-10H2,(H,16,19). The third-order valence-corrected chi connectivity index (χ3v) is 4.19. The Bertz CT molecular complexity index is 450. The molecule has 5 heteroatoms. The molecule has 2 amide bonds. The lowest BCUT2D eigenvalue weighted by Crippen LogP contribution is -2.52. The van der Waals surface area contributed by atoms with Gasteiger partial charge in [-0.05, 0) is 37.1 Å². The van der Waals surface area contributed by atoms with Gasteiger partial charge < -0.3 is 15.1 Å². The Morgan fingerprint density at radius 2 is 1.74 bits per heavy atom. The molecule has 0 atom stereocenters. The molecular weight excluding hydrogens is 306 g/mol. The minimum absolute atomic E-state index is 0.109. The van der Waals surface area contributed by atoms with Gasteiger partial charge in [0, 0.05) is 42.4 Å². The summed E-state index contributed by atoms with van der Waals surface area (Å²) in [6.45, 7) is 3.41. The van der Waals surface area contributed by atoms with Crippen molar-refractivity contribution in [2.75, 3.05) is 31.1 Å². The Labute approximate surface area is 121 Å². The largest absolute Gasteiger partial charge is 0.368 e. The van der Waals surface area contributed by atoms with E-state index in [-0.39, 0.29) is 6.03 Å². The molecule has 1 aromatic rings. The predicted molar refractivity (Wildman–Crippen MR) is 79.5 cm³/mol. The van der Waals surface area contributed by atoms with Crippen molar-refractivity contribution in [3.8, 4) is 0 Å². The van der Waals surface area contributed by atoms with Crippen molar-refractivity contribution in [1.29, 1.82) is 0 Å². The van der Waals surface area contributed by atoms with E-state index in [0.717, 1.165) is 43.5 Å². The fourth-order valence-electron chi connectivity index (χ4n) is 2.31. The summed E-state index contributed by atoms with van der Waals surface area (Å²) in [6, 6.07) is 8.90. The van der Waals surface area contributed by atoms with Crippen molar-refractivity contribution < 1.29 is 4.79 Å². The number of nitrogens with one attached hydrogen (secondary N) is 1. The second kappa shape index (κ2) is 5.41. The molecular formula is C14H18BrN3O. The third kappa shape index (κ3) is 3.21. The number of hydrogen-bond donors (Lipinski definition) is 1. The van der Waals surface area contributed by atoms with Crippen LogP contribution in [0.4, 0.5) is 10.5 Å². The molecule has 3 rings (SSSR count). The number of anilines is 1. The number of hydrogen-bond acceptors (Lipinski definition) is 2. The second-order valence-corrected chi connectivity index (χ2v) is 6.09. The van der Waals surface area contributed by atoms with Crippen LogP contribution in [-0.4, -0.2) is 43.2 Å². The van der Waals surface area contributed by atoms with Gasteiger partial charge in [0.1, 0.15) is 0 Å². The summed E-state index contributed by atoms with van der Waals surface area (Å²) in [4.78, 5) is 16.2. The summed E-state index contributed by atoms with van der Waals surface area (Å²) in [5.41, 5.74) is 1.23. The van der Waals surface area contributed by atoms with Crippen LogP contribution in [0.5, 0.6) is 0 Å². The van der Waals surface area contributed by atoms with Gasteiger partial charge >= 0.3 is 6.03 Å². The Kier molecular flexibility index (Phi) is 3.64. The van der Waals surface area contributed by atoms with Crippen molar-refractivity contribution in [2.45, 2.75) is 18.9 Å². The first-order chi connectivity index (χ1) is 9.22. The predicted octanol–water partition coefficient (Wildman–Crippen LogP) is 2.44. The lowest BCUT2D eigenvalue weighted by Gasteiger charge is -2.36. The number of urea groups is 1. The van der Waals surface area contributed by atoms with Crippen molar-refractivity contribution in [3.63, 3.8) is 0 Å². The molecule has 2 aliphatic rings. The van der Waals surface area contributed by atoms with E-state index in [1.54, 1.807) is 0 Å². The molecule has 0 unspecified atom stereocenters. The van der Waals surface area contributed by atoms with Crippen LogP contribution in [0.15, 0.2) is 28.7 Å². The number of carbonyl (C=O) groups is 1. The molecule has 102 valence electrons. The minimum Gasteiger partial charge on any atom is -0.368 e. The van der Waals surface area contributed by atoms with E-state index in [2.05, 4.69) is 50.4 Å². The van der Waals surface area contributed by atoms with E-state index in [1.165, 1.54) is 5.69 Å². The van der Waals surface area contributed by atoms with Gasteiger partial charge in [0.2, 0.25) is 0 Å². The Morgan fingerprint density at radius 1 is 1.11 bits per heavy atom. The van der Waals surface area contributed by atoms with Crippen molar-refractivity contribution in [3.05, 3.63) is 28.7 Å². The second-order valence-electron chi connectivity index (χ2n) is 5.17. The van der Waals surface area contributed by atoms with Crippen LogP contribution in [-0.2, 0) is 0 Å². The van der Waals surface area contributed by atoms with Gasteiger partial charge in [-0.2, -0.15) is 0 Å². The normalized spacial score (nSPS) is 19.4. The number of nitrogens with zero attached hydrogens (tertiary/aromatic N) is 2. The summed E-state index contributed by atoms with van der Waals surface area (Å²) in [5.74, 6) is 0. The summed E-state index contributed by atoms with van der Waals surface area (Å²) in [6.07, 6.45) is 2.29. The highest BCUT2D eigenvalue weighted by molar-refractivity contribution is 9.10. The SMILES string of the molecule is O=C(NC1CC1)N1CCN(c2ccc(Br)cc2)CC1. The number of benzene rings is 1. The monoisotopic (exact) mass is 323 g/mol. The molecule has 1 aromatic carbocycles. The Hall–Kier alpha value is -1.23. The average Bonchev–Trinajstić information content (AvgIpc) is 3.24. The molecule has 2 fully saturated rings. The highest BCUT2D eigenvalue weighted by Gasteiger charge is 2.27. The number of piperazine rings is 1. The van der Waals surface area contributed by atoms with Crippen LogP contribution in [0.25, 0.3) is 0 Å².